The van der Waals surface area contributed by atoms with Crippen molar-refractivity contribution in [3.63, 3.8) is 0 Å². The Morgan fingerprint density at radius 2 is 2.13 bits per heavy atom. The van der Waals surface area contributed by atoms with Crippen molar-refractivity contribution in [3.8, 4) is 0 Å². The van der Waals surface area contributed by atoms with Crippen LogP contribution in [0.2, 0.25) is 5.02 Å². The Morgan fingerprint density at radius 1 is 1.26 bits per heavy atom. The normalized spacial score (nSPS) is 21.6. The average molecular weight is 331 g/mol. The van der Waals surface area contributed by atoms with Gasteiger partial charge in [0.25, 0.3) is 0 Å². The molecule has 0 aromatic carbocycles. The Kier molecular flexibility index (Phi) is 4.12. The molecule has 122 valence electrons. The van der Waals surface area contributed by atoms with Gasteiger partial charge in [-0.25, -0.2) is 4.98 Å². The van der Waals surface area contributed by atoms with Crippen LogP contribution in [0.3, 0.4) is 0 Å². The molecule has 0 unspecified atom stereocenters. The standard InChI is InChI=1S/C18H23ClN4/c1-22-16-6-3-2-5-15(16)21-18(22)17-7-4-10-23(17)12-13-8-9-20-11-14(13)19/h8-9,11,17H,2-7,10,12H2,1H3/t17-/m0/s1. The number of pyridine rings is 1. The van der Waals surface area contributed by atoms with Gasteiger partial charge in [-0.2, -0.15) is 0 Å². The maximum absolute atomic E-state index is 6.30. The average Bonchev–Trinajstić information content (AvgIpc) is 3.14. The molecule has 4 nitrogen and oxygen atoms in total. The number of hydrogen-bond donors (Lipinski definition) is 0. The Balaban J connectivity index is 1.61. The smallest absolute Gasteiger partial charge is 0.126 e. The molecule has 2 aromatic heterocycles. The predicted octanol–water partition coefficient (Wildman–Crippen LogP) is 3.68. The number of nitrogens with zero attached hydrogens (tertiary/aromatic N) is 4. The lowest BCUT2D eigenvalue weighted by atomic mass is 10.0. The SMILES string of the molecule is Cn1c([C@@H]2CCCN2Cc2ccncc2Cl)nc2c1CCCC2. The Hall–Kier alpha value is -1.39. The molecule has 1 aliphatic carbocycles. The summed E-state index contributed by atoms with van der Waals surface area (Å²) in [6.07, 6.45) is 10.9. The van der Waals surface area contributed by atoms with Crippen LogP contribution in [0.15, 0.2) is 18.5 Å². The highest BCUT2D eigenvalue weighted by Crippen LogP contribution is 2.35. The molecule has 0 spiro atoms. The first kappa shape index (κ1) is 15.2. The van der Waals surface area contributed by atoms with E-state index in [1.807, 2.05) is 12.3 Å². The zero-order valence-electron chi connectivity index (χ0n) is 13.6. The van der Waals surface area contributed by atoms with Gasteiger partial charge >= 0.3 is 0 Å². The molecule has 23 heavy (non-hydrogen) atoms. The van der Waals surface area contributed by atoms with Crippen molar-refractivity contribution in [2.75, 3.05) is 6.54 Å². The van der Waals surface area contributed by atoms with E-state index in [1.165, 1.54) is 49.3 Å². The second-order valence-electron chi connectivity index (χ2n) is 6.73. The number of hydrogen-bond acceptors (Lipinski definition) is 3. The third-order valence-electron chi connectivity index (χ3n) is 5.30. The van der Waals surface area contributed by atoms with E-state index >= 15 is 0 Å². The maximum atomic E-state index is 6.30. The lowest BCUT2D eigenvalue weighted by Crippen LogP contribution is -2.25. The zero-order valence-corrected chi connectivity index (χ0v) is 14.4. The van der Waals surface area contributed by atoms with Crippen molar-refractivity contribution >= 4 is 11.6 Å². The molecule has 3 heterocycles. The largest absolute Gasteiger partial charge is 0.334 e. The van der Waals surface area contributed by atoms with E-state index in [1.54, 1.807) is 6.20 Å². The van der Waals surface area contributed by atoms with E-state index in [4.69, 9.17) is 16.6 Å². The summed E-state index contributed by atoms with van der Waals surface area (Å²) in [5.41, 5.74) is 3.95. The highest BCUT2D eigenvalue weighted by Gasteiger charge is 2.31. The third kappa shape index (κ3) is 2.79. The predicted molar refractivity (Wildman–Crippen MR) is 91.5 cm³/mol. The molecule has 1 saturated heterocycles. The van der Waals surface area contributed by atoms with Crippen LogP contribution in [0.1, 0.15) is 54.5 Å². The fraction of sp³-hybridized carbons (Fsp3) is 0.556. The number of imidazole rings is 1. The molecular weight excluding hydrogens is 308 g/mol. The van der Waals surface area contributed by atoms with Gasteiger partial charge in [0.05, 0.1) is 16.8 Å². The summed E-state index contributed by atoms with van der Waals surface area (Å²) in [7, 11) is 2.20. The van der Waals surface area contributed by atoms with E-state index in [9.17, 15) is 0 Å². The first-order chi connectivity index (χ1) is 11.2. The summed E-state index contributed by atoms with van der Waals surface area (Å²) >= 11 is 6.30. The monoisotopic (exact) mass is 330 g/mol. The molecule has 2 aromatic rings. The molecule has 1 atom stereocenters. The summed E-state index contributed by atoms with van der Waals surface area (Å²) in [6.45, 7) is 1.99. The molecule has 1 aliphatic heterocycles. The lowest BCUT2D eigenvalue weighted by Gasteiger charge is -2.24. The van der Waals surface area contributed by atoms with Gasteiger partial charge in [0.15, 0.2) is 0 Å². The van der Waals surface area contributed by atoms with Gasteiger partial charge in [-0.3, -0.25) is 9.88 Å². The van der Waals surface area contributed by atoms with Gasteiger partial charge in [0.1, 0.15) is 5.82 Å². The molecule has 1 fully saturated rings. The van der Waals surface area contributed by atoms with E-state index in [2.05, 4.69) is 21.5 Å². The quantitative estimate of drug-likeness (QED) is 0.860. The fourth-order valence-electron chi connectivity index (χ4n) is 4.06. The van der Waals surface area contributed by atoms with Crippen LogP contribution in [0.5, 0.6) is 0 Å². The van der Waals surface area contributed by atoms with Gasteiger partial charge in [-0.1, -0.05) is 11.6 Å². The summed E-state index contributed by atoms with van der Waals surface area (Å²) in [6, 6.07) is 2.44. The Labute approximate surface area is 142 Å². The number of fused-ring (bicyclic) bond motifs is 1. The molecule has 0 amide bonds. The van der Waals surface area contributed by atoms with Gasteiger partial charge in [0, 0.05) is 31.7 Å². The van der Waals surface area contributed by atoms with Crippen LogP contribution in [-0.2, 0) is 26.4 Å². The van der Waals surface area contributed by atoms with Gasteiger partial charge in [-0.15, -0.1) is 0 Å². The molecule has 0 bridgehead atoms. The van der Waals surface area contributed by atoms with Gasteiger partial charge in [0.2, 0.25) is 0 Å². The van der Waals surface area contributed by atoms with Crippen molar-refractivity contribution in [2.45, 2.75) is 51.1 Å². The van der Waals surface area contributed by atoms with Crippen molar-refractivity contribution in [3.05, 3.63) is 46.3 Å². The first-order valence-corrected chi connectivity index (χ1v) is 8.98. The van der Waals surface area contributed by atoms with Crippen molar-refractivity contribution in [2.24, 2.45) is 7.05 Å². The van der Waals surface area contributed by atoms with E-state index in [0.29, 0.717) is 6.04 Å². The van der Waals surface area contributed by atoms with Gasteiger partial charge < -0.3 is 4.57 Å². The summed E-state index contributed by atoms with van der Waals surface area (Å²) in [5, 5.41) is 0.761. The van der Waals surface area contributed by atoms with E-state index < -0.39 is 0 Å². The van der Waals surface area contributed by atoms with Gasteiger partial charge in [-0.05, 0) is 56.7 Å². The lowest BCUT2D eigenvalue weighted by molar-refractivity contribution is 0.236. The van der Waals surface area contributed by atoms with Crippen LogP contribution >= 0.6 is 11.6 Å². The molecule has 2 aliphatic rings. The van der Waals surface area contributed by atoms with E-state index in [0.717, 1.165) is 30.1 Å². The summed E-state index contributed by atoms with van der Waals surface area (Å²) in [5.74, 6) is 1.25. The Morgan fingerprint density at radius 3 is 2.96 bits per heavy atom. The van der Waals surface area contributed by atoms with Crippen LogP contribution in [0, 0.1) is 0 Å². The van der Waals surface area contributed by atoms with E-state index in [-0.39, 0.29) is 0 Å². The maximum Gasteiger partial charge on any atom is 0.126 e. The highest BCUT2D eigenvalue weighted by molar-refractivity contribution is 6.31. The summed E-state index contributed by atoms with van der Waals surface area (Å²) < 4.78 is 2.37. The molecule has 0 N–H and O–H groups in total. The van der Waals surface area contributed by atoms with Crippen LogP contribution in [-0.4, -0.2) is 26.0 Å². The molecule has 0 saturated carbocycles. The molecule has 0 radical (unpaired) electrons. The topological polar surface area (TPSA) is 34.0 Å². The van der Waals surface area contributed by atoms with Crippen LogP contribution < -0.4 is 0 Å². The first-order valence-electron chi connectivity index (χ1n) is 8.61. The number of halogens is 1. The second-order valence-corrected chi connectivity index (χ2v) is 7.13. The van der Waals surface area contributed by atoms with Crippen LogP contribution in [0.25, 0.3) is 0 Å². The number of rotatable bonds is 3. The zero-order chi connectivity index (χ0) is 15.8. The minimum absolute atomic E-state index is 0.412. The molecular formula is C18H23ClN4. The molecule has 4 rings (SSSR count). The minimum Gasteiger partial charge on any atom is -0.334 e. The fourth-order valence-corrected chi connectivity index (χ4v) is 4.24. The van der Waals surface area contributed by atoms with Crippen molar-refractivity contribution < 1.29 is 0 Å². The number of aryl methyl sites for hydroxylation is 1. The van der Waals surface area contributed by atoms with Crippen LogP contribution in [0.4, 0.5) is 0 Å². The summed E-state index contributed by atoms with van der Waals surface area (Å²) in [4.78, 5) is 11.6. The third-order valence-corrected chi connectivity index (χ3v) is 5.64. The number of likely N-dealkylation sites (tertiary alicyclic amines) is 1. The van der Waals surface area contributed by atoms with Crippen molar-refractivity contribution in [1.29, 1.82) is 0 Å². The second kappa shape index (κ2) is 6.25. The highest BCUT2D eigenvalue weighted by atomic mass is 35.5. The minimum atomic E-state index is 0.412. The molecule has 5 heteroatoms. The number of aromatic nitrogens is 3. The Bertz CT molecular complexity index is 709. The van der Waals surface area contributed by atoms with Crippen molar-refractivity contribution in [1.82, 2.24) is 19.4 Å².